The Balaban J connectivity index is 1.30. The van der Waals surface area contributed by atoms with Crippen molar-refractivity contribution >= 4 is 11.8 Å². The zero-order chi connectivity index (χ0) is 25.4. The van der Waals surface area contributed by atoms with Crippen LogP contribution in [-0.4, -0.2) is 74.7 Å². The molecule has 0 saturated carbocycles. The van der Waals surface area contributed by atoms with Gasteiger partial charge in [-0.3, -0.25) is 9.59 Å². The number of benzene rings is 1. The largest absolute Gasteiger partial charge is 0.479 e. The number of hydrogen-bond donors (Lipinski definition) is 2. The summed E-state index contributed by atoms with van der Waals surface area (Å²) < 4.78 is 10.5. The summed E-state index contributed by atoms with van der Waals surface area (Å²) in [5.74, 6) is 0.547. The molecule has 5 rings (SSSR count). The van der Waals surface area contributed by atoms with Gasteiger partial charge in [-0.25, -0.2) is 4.98 Å². The highest BCUT2D eigenvalue weighted by molar-refractivity contribution is 5.93. The zero-order valence-electron chi connectivity index (χ0n) is 20.6. The molecular weight excluding hydrogens is 462 g/mol. The van der Waals surface area contributed by atoms with Crippen LogP contribution in [0.5, 0.6) is 5.88 Å². The van der Waals surface area contributed by atoms with E-state index in [2.05, 4.69) is 27.3 Å². The van der Waals surface area contributed by atoms with Crippen LogP contribution >= 0.6 is 0 Å². The third-order valence-corrected chi connectivity index (χ3v) is 7.10. The van der Waals surface area contributed by atoms with Crippen molar-refractivity contribution in [2.24, 2.45) is 5.92 Å². The second kappa shape index (κ2) is 9.77. The van der Waals surface area contributed by atoms with Crippen LogP contribution in [0, 0.1) is 5.92 Å². The van der Waals surface area contributed by atoms with Gasteiger partial charge in [-0.15, -0.1) is 0 Å². The minimum Gasteiger partial charge on any atom is -0.479 e. The van der Waals surface area contributed by atoms with E-state index in [0.29, 0.717) is 48.6 Å². The van der Waals surface area contributed by atoms with Gasteiger partial charge in [-0.2, -0.15) is 0 Å². The average molecular weight is 494 g/mol. The van der Waals surface area contributed by atoms with E-state index in [1.165, 1.54) is 18.9 Å². The molecule has 2 N–H and O–H groups in total. The summed E-state index contributed by atoms with van der Waals surface area (Å²) in [6.07, 6.45) is 1.15. The van der Waals surface area contributed by atoms with Crippen molar-refractivity contribution in [2.75, 3.05) is 26.7 Å². The number of nitrogens with zero attached hydrogens (tertiary/aromatic N) is 4. The SMILES string of the molecule is COc1cc(C(C(=O)N2C[C@H](O)C[C@H]2c2ncc(C(=O)N3CC(c4ccccc4)C3)[nH]2)C(C)C)on1. The van der Waals surface area contributed by atoms with E-state index < -0.39 is 18.1 Å². The molecule has 0 radical (unpaired) electrons. The molecule has 0 aliphatic carbocycles. The molecule has 2 fully saturated rings. The summed E-state index contributed by atoms with van der Waals surface area (Å²) in [7, 11) is 1.48. The van der Waals surface area contributed by atoms with Crippen molar-refractivity contribution in [3.8, 4) is 5.88 Å². The van der Waals surface area contributed by atoms with Gasteiger partial charge in [0.25, 0.3) is 11.8 Å². The Hall–Kier alpha value is -3.66. The number of aliphatic hydroxyl groups is 1. The van der Waals surface area contributed by atoms with Gasteiger partial charge in [-0.1, -0.05) is 44.2 Å². The number of carbonyl (C=O) groups is 2. The fourth-order valence-electron chi connectivity index (χ4n) is 5.11. The van der Waals surface area contributed by atoms with Crippen molar-refractivity contribution in [1.29, 1.82) is 0 Å². The fraction of sp³-hybridized carbons (Fsp3) is 0.462. The molecule has 2 aliphatic rings. The number of nitrogens with one attached hydrogen (secondary N) is 1. The Labute approximate surface area is 209 Å². The lowest BCUT2D eigenvalue weighted by Crippen LogP contribution is -2.48. The molecule has 2 saturated heterocycles. The maximum atomic E-state index is 13.7. The molecular formula is C26H31N5O5. The zero-order valence-corrected chi connectivity index (χ0v) is 20.6. The Kier molecular flexibility index (Phi) is 6.53. The first kappa shape index (κ1) is 24.1. The maximum absolute atomic E-state index is 13.7. The summed E-state index contributed by atoms with van der Waals surface area (Å²) in [4.78, 5) is 37.6. The lowest BCUT2D eigenvalue weighted by Gasteiger charge is -2.39. The van der Waals surface area contributed by atoms with Gasteiger partial charge in [0.2, 0.25) is 5.91 Å². The summed E-state index contributed by atoms with van der Waals surface area (Å²) in [5, 5.41) is 14.3. The van der Waals surface area contributed by atoms with E-state index in [1.54, 1.807) is 15.9 Å². The number of aliphatic hydroxyl groups excluding tert-OH is 1. The molecule has 2 aromatic heterocycles. The monoisotopic (exact) mass is 493 g/mol. The maximum Gasteiger partial charge on any atom is 0.271 e. The third-order valence-electron chi connectivity index (χ3n) is 7.10. The summed E-state index contributed by atoms with van der Waals surface area (Å²) >= 11 is 0. The normalized spacial score (nSPS) is 21.0. The van der Waals surface area contributed by atoms with Crippen molar-refractivity contribution in [2.45, 2.75) is 44.2 Å². The summed E-state index contributed by atoms with van der Waals surface area (Å²) in [6.45, 7) is 5.34. The number of imidazole rings is 1. The number of carbonyl (C=O) groups excluding carboxylic acids is 2. The molecule has 2 amide bonds. The Morgan fingerprint density at radius 2 is 1.94 bits per heavy atom. The standard InChI is InChI=1S/C26H31N5O5/c1-15(2)23(21-10-22(35-3)29-36-21)26(34)31-14-18(32)9-20(31)24-27-11-19(28-24)25(33)30-12-17(13-30)16-7-5-4-6-8-16/h4-8,10-11,15,17-18,20,23,32H,9,12-14H2,1-3H3,(H,27,28)/t18-,20+,23?/m1/s1. The number of rotatable bonds is 7. The lowest BCUT2D eigenvalue weighted by atomic mass is 9.91. The second-order valence-corrected chi connectivity index (χ2v) is 9.89. The smallest absolute Gasteiger partial charge is 0.271 e. The van der Waals surface area contributed by atoms with E-state index in [9.17, 15) is 14.7 Å². The third kappa shape index (κ3) is 4.48. The molecule has 4 heterocycles. The number of aromatic amines is 1. The number of H-pyrrole nitrogens is 1. The molecule has 1 aromatic carbocycles. The number of ether oxygens (including phenoxy) is 1. The van der Waals surface area contributed by atoms with Crippen LogP contribution in [0.2, 0.25) is 0 Å². The lowest BCUT2D eigenvalue weighted by molar-refractivity contribution is -0.135. The van der Waals surface area contributed by atoms with Gasteiger partial charge in [0.1, 0.15) is 17.4 Å². The molecule has 1 unspecified atom stereocenters. The number of amides is 2. The number of aromatic nitrogens is 3. The van der Waals surface area contributed by atoms with Gasteiger partial charge >= 0.3 is 0 Å². The average Bonchev–Trinajstić information content (AvgIpc) is 3.58. The molecule has 190 valence electrons. The Morgan fingerprint density at radius 1 is 1.19 bits per heavy atom. The van der Waals surface area contributed by atoms with Gasteiger partial charge in [0.05, 0.1) is 25.5 Å². The van der Waals surface area contributed by atoms with E-state index in [1.807, 2.05) is 32.0 Å². The molecule has 2 aliphatic heterocycles. The molecule has 10 heteroatoms. The van der Waals surface area contributed by atoms with Crippen molar-refractivity contribution in [3.05, 3.63) is 65.4 Å². The minimum absolute atomic E-state index is 0.0775. The molecule has 3 aromatic rings. The first-order valence-electron chi connectivity index (χ1n) is 12.2. The Morgan fingerprint density at radius 3 is 2.61 bits per heavy atom. The van der Waals surface area contributed by atoms with Gasteiger partial charge in [-0.05, 0) is 16.6 Å². The van der Waals surface area contributed by atoms with Crippen molar-refractivity contribution in [3.63, 3.8) is 0 Å². The van der Waals surface area contributed by atoms with E-state index in [-0.39, 0.29) is 24.3 Å². The topological polar surface area (TPSA) is 125 Å². The molecule has 0 spiro atoms. The fourth-order valence-corrected chi connectivity index (χ4v) is 5.11. The predicted molar refractivity (Wildman–Crippen MR) is 129 cm³/mol. The number of β-amino-alcohol motifs (C(OH)–C–C–N with tert-alkyl or cyclic N) is 1. The first-order chi connectivity index (χ1) is 17.4. The molecule has 0 bridgehead atoms. The quantitative estimate of drug-likeness (QED) is 0.518. The van der Waals surface area contributed by atoms with Crippen LogP contribution in [0.4, 0.5) is 0 Å². The minimum atomic E-state index is -0.692. The van der Waals surface area contributed by atoms with Gasteiger partial charge in [0.15, 0.2) is 5.76 Å². The van der Waals surface area contributed by atoms with Crippen molar-refractivity contribution in [1.82, 2.24) is 24.9 Å². The highest BCUT2D eigenvalue weighted by atomic mass is 16.5. The summed E-state index contributed by atoms with van der Waals surface area (Å²) in [6, 6.07) is 11.3. The number of hydrogen-bond acceptors (Lipinski definition) is 7. The number of likely N-dealkylation sites (tertiary alicyclic amines) is 2. The van der Waals surface area contributed by atoms with E-state index in [4.69, 9.17) is 9.26 Å². The molecule has 10 nitrogen and oxygen atoms in total. The van der Waals surface area contributed by atoms with E-state index >= 15 is 0 Å². The van der Waals surface area contributed by atoms with Crippen LogP contribution in [0.1, 0.15) is 65.8 Å². The highest BCUT2D eigenvalue weighted by Crippen LogP contribution is 2.37. The highest BCUT2D eigenvalue weighted by Gasteiger charge is 2.42. The summed E-state index contributed by atoms with van der Waals surface area (Å²) in [5.41, 5.74) is 1.61. The first-order valence-corrected chi connectivity index (χ1v) is 12.2. The molecule has 3 atom stereocenters. The van der Waals surface area contributed by atoms with Gasteiger partial charge < -0.3 is 29.2 Å². The van der Waals surface area contributed by atoms with Crippen molar-refractivity contribution < 1.29 is 24.0 Å². The van der Waals surface area contributed by atoms with Gasteiger partial charge in [0, 0.05) is 38.0 Å². The van der Waals surface area contributed by atoms with Crippen LogP contribution in [0.3, 0.4) is 0 Å². The predicted octanol–water partition coefficient (Wildman–Crippen LogP) is 2.72. The number of methoxy groups -OCH3 is 1. The van der Waals surface area contributed by atoms with Crippen LogP contribution < -0.4 is 4.74 Å². The van der Waals surface area contributed by atoms with E-state index in [0.717, 1.165) is 0 Å². The Bertz CT molecular complexity index is 1220. The second-order valence-electron chi connectivity index (χ2n) is 9.89. The van der Waals surface area contributed by atoms with Crippen LogP contribution in [0.15, 0.2) is 47.1 Å². The van der Waals surface area contributed by atoms with Crippen LogP contribution in [0.25, 0.3) is 0 Å². The molecule has 36 heavy (non-hydrogen) atoms. The van der Waals surface area contributed by atoms with Crippen LogP contribution in [-0.2, 0) is 4.79 Å².